The van der Waals surface area contributed by atoms with Gasteiger partial charge < -0.3 is 14.8 Å². The largest absolute Gasteiger partial charge is 0.481 e. The van der Waals surface area contributed by atoms with Crippen LogP contribution in [0.5, 0.6) is 5.88 Å². The third-order valence-electron chi connectivity index (χ3n) is 3.16. The van der Waals surface area contributed by atoms with Crippen LogP contribution in [-0.4, -0.2) is 37.1 Å². The number of halogens is 1. The van der Waals surface area contributed by atoms with Crippen LogP contribution in [0.3, 0.4) is 0 Å². The number of amides is 1. The molecule has 6 nitrogen and oxygen atoms in total. The van der Waals surface area contributed by atoms with Gasteiger partial charge in [0.05, 0.1) is 12.7 Å². The van der Waals surface area contributed by atoms with Crippen molar-refractivity contribution in [3.63, 3.8) is 0 Å². The molecule has 0 spiro atoms. The van der Waals surface area contributed by atoms with Crippen LogP contribution in [0, 0.1) is 5.82 Å². The van der Waals surface area contributed by atoms with Crippen molar-refractivity contribution in [3.05, 3.63) is 59.5 Å². The summed E-state index contributed by atoms with van der Waals surface area (Å²) in [5, 5.41) is 2.63. The molecule has 0 aliphatic rings. The lowest BCUT2D eigenvalue weighted by Crippen LogP contribution is -2.30. The van der Waals surface area contributed by atoms with E-state index in [0.29, 0.717) is 18.8 Å². The molecule has 1 aromatic heterocycles. The van der Waals surface area contributed by atoms with Crippen molar-refractivity contribution in [2.45, 2.75) is 6.42 Å². The second kappa shape index (κ2) is 8.61. The summed E-state index contributed by atoms with van der Waals surface area (Å²) < 4.78 is 22.6. The molecule has 1 N–H and O–H groups in total. The van der Waals surface area contributed by atoms with E-state index in [1.807, 2.05) is 0 Å². The van der Waals surface area contributed by atoms with E-state index >= 15 is 0 Å². The van der Waals surface area contributed by atoms with Crippen LogP contribution in [-0.2, 0) is 16.0 Å². The number of hydrogen-bond acceptors (Lipinski definition) is 5. The first-order valence-corrected chi connectivity index (χ1v) is 7.27. The molecule has 1 amide bonds. The van der Waals surface area contributed by atoms with Crippen LogP contribution >= 0.6 is 0 Å². The van der Waals surface area contributed by atoms with E-state index in [9.17, 15) is 14.0 Å². The standard InChI is InChI=1S/C17H17FN2O4/c1-23-16-7-4-13(10-20-16)17(22)24-11-15(21)19-9-8-12-2-5-14(18)6-3-12/h2-7,10H,8-9,11H2,1H3,(H,19,21). The maximum atomic E-state index is 12.8. The second-order valence-electron chi connectivity index (χ2n) is 4.89. The lowest BCUT2D eigenvalue weighted by atomic mass is 10.1. The van der Waals surface area contributed by atoms with Gasteiger partial charge in [0.15, 0.2) is 6.61 Å². The van der Waals surface area contributed by atoms with Gasteiger partial charge in [0.25, 0.3) is 5.91 Å². The number of aromatic nitrogens is 1. The summed E-state index contributed by atoms with van der Waals surface area (Å²) in [4.78, 5) is 27.3. The average molecular weight is 332 g/mol. The Labute approximate surface area is 138 Å². The first kappa shape index (κ1) is 17.4. The van der Waals surface area contributed by atoms with Gasteiger partial charge in [0, 0.05) is 18.8 Å². The molecular formula is C17H17FN2O4. The molecule has 7 heteroatoms. The van der Waals surface area contributed by atoms with Gasteiger partial charge in [-0.1, -0.05) is 12.1 Å². The Morgan fingerprint density at radius 2 is 1.92 bits per heavy atom. The highest BCUT2D eigenvalue weighted by Crippen LogP contribution is 2.07. The molecule has 24 heavy (non-hydrogen) atoms. The Kier molecular flexibility index (Phi) is 6.24. The number of carbonyl (C=O) groups is 2. The minimum Gasteiger partial charge on any atom is -0.481 e. The van der Waals surface area contributed by atoms with Crippen molar-refractivity contribution in [3.8, 4) is 5.88 Å². The van der Waals surface area contributed by atoms with Gasteiger partial charge in [-0.15, -0.1) is 0 Å². The fraction of sp³-hybridized carbons (Fsp3) is 0.235. The van der Waals surface area contributed by atoms with E-state index in [-0.39, 0.29) is 18.0 Å². The maximum Gasteiger partial charge on any atom is 0.340 e. The van der Waals surface area contributed by atoms with Gasteiger partial charge in [-0.2, -0.15) is 0 Å². The zero-order valence-corrected chi connectivity index (χ0v) is 13.1. The van der Waals surface area contributed by atoms with Gasteiger partial charge in [0.2, 0.25) is 5.88 Å². The molecule has 2 rings (SSSR count). The summed E-state index contributed by atoms with van der Waals surface area (Å²) in [7, 11) is 1.47. The zero-order chi connectivity index (χ0) is 17.4. The number of carbonyl (C=O) groups excluding carboxylic acids is 2. The molecule has 0 bridgehead atoms. The third-order valence-corrected chi connectivity index (χ3v) is 3.16. The molecule has 0 unspecified atom stereocenters. The topological polar surface area (TPSA) is 77.5 Å². The fourth-order valence-corrected chi connectivity index (χ4v) is 1.88. The number of nitrogens with one attached hydrogen (secondary N) is 1. The number of hydrogen-bond donors (Lipinski definition) is 1. The van der Waals surface area contributed by atoms with Gasteiger partial charge in [-0.3, -0.25) is 4.79 Å². The monoisotopic (exact) mass is 332 g/mol. The number of ether oxygens (including phenoxy) is 2. The smallest absolute Gasteiger partial charge is 0.340 e. The highest BCUT2D eigenvalue weighted by molar-refractivity contribution is 5.91. The zero-order valence-electron chi connectivity index (χ0n) is 13.1. The van der Waals surface area contributed by atoms with Crippen molar-refractivity contribution in [2.24, 2.45) is 0 Å². The molecular weight excluding hydrogens is 315 g/mol. The molecule has 0 aliphatic carbocycles. The summed E-state index contributed by atoms with van der Waals surface area (Å²) in [5.41, 5.74) is 1.13. The average Bonchev–Trinajstić information content (AvgIpc) is 2.61. The van der Waals surface area contributed by atoms with Crippen molar-refractivity contribution >= 4 is 11.9 Å². The summed E-state index contributed by atoms with van der Waals surface area (Å²) >= 11 is 0. The van der Waals surface area contributed by atoms with Gasteiger partial charge in [-0.25, -0.2) is 14.2 Å². The quantitative estimate of drug-likeness (QED) is 0.782. The van der Waals surface area contributed by atoms with E-state index in [0.717, 1.165) is 5.56 Å². The fourth-order valence-electron chi connectivity index (χ4n) is 1.88. The van der Waals surface area contributed by atoms with Crippen molar-refractivity contribution in [1.29, 1.82) is 0 Å². The highest BCUT2D eigenvalue weighted by Gasteiger charge is 2.10. The molecule has 126 valence electrons. The van der Waals surface area contributed by atoms with Gasteiger partial charge >= 0.3 is 5.97 Å². The van der Waals surface area contributed by atoms with Crippen LogP contribution in [0.15, 0.2) is 42.6 Å². The molecule has 2 aromatic rings. The van der Waals surface area contributed by atoms with Crippen molar-refractivity contribution < 1.29 is 23.5 Å². The Bertz CT molecular complexity index is 687. The Morgan fingerprint density at radius 1 is 1.17 bits per heavy atom. The highest BCUT2D eigenvalue weighted by atomic mass is 19.1. The molecule has 0 atom stereocenters. The number of rotatable bonds is 7. The molecule has 0 radical (unpaired) electrons. The summed E-state index contributed by atoms with van der Waals surface area (Å²) in [6.07, 6.45) is 1.87. The van der Waals surface area contributed by atoms with E-state index < -0.39 is 11.9 Å². The predicted octanol–water partition coefficient (Wildman–Crippen LogP) is 1.74. The van der Waals surface area contributed by atoms with Gasteiger partial charge in [0.1, 0.15) is 5.82 Å². The van der Waals surface area contributed by atoms with Crippen molar-refractivity contribution in [1.82, 2.24) is 10.3 Å². The van der Waals surface area contributed by atoms with Crippen LogP contribution in [0.25, 0.3) is 0 Å². The summed E-state index contributed by atoms with van der Waals surface area (Å²) in [6, 6.07) is 9.06. The number of pyridine rings is 1. The number of benzene rings is 1. The third kappa shape index (κ3) is 5.35. The van der Waals surface area contributed by atoms with Crippen LogP contribution in [0.2, 0.25) is 0 Å². The molecule has 0 saturated carbocycles. The van der Waals surface area contributed by atoms with Crippen molar-refractivity contribution in [2.75, 3.05) is 20.3 Å². The van der Waals surface area contributed by atoms with E-state index in [1.165, 1.54) is 37.6 Å². The number of nitrogens with zero attached hydrogens (tertiary/aromatic N) is 1. The van der Waals surface area contributed by atoms with Crippen LogP contribution in [0.1, 0.15) is 15.9 Å². The summed E-state index contributed by atoms with van der Waals surface area (Å²) in [5.74, 6) is -0.974. The van der Waals surface area contributed by atoms with Crippen LogP contribution in [0.4, 0.5) is 4.39 Å². The SMILES string of the molecule is COc1ccc(C(=O)OCC(=O)NCCc2ccc(F)cc2)cn1. The maximum absolute atomic E-state index is 12.8. The minimum atomic E-state index is -0.640. The Hall–Kier alpha value is -2.96. The minimum absolute atomic E-state index is 0.231. The lowest BCUT2D eigenvalue weighted by Gasteiger charge is -2.07. The normalized spacial score (nSPS) is 10.1. The molecule has 0 aliphatic heterocycles. The van der Waals surface area contributed by atoms with Gasteiger partial charge in [-0.05, 0) is 30.2 Å². The first-order chi connectivity index (χ1) is 11.6. The number of methoxy groups -OCH3 is 1. The van der Waals surface area contributed by atoms with E-state index in [1.54, 1.807) is 12.1 Å². The molecule has 0 saturated heterocycles. The van der Waals surface area contributed by atoms with E-state index in [4.69, 9.17) is 9.47 Å². The Balaban J connectivity index is 1.70. The molecule has 0 fully saturated rings. The second-order valence-corrected chi connectivity index (χ2v) is 4.89. The van der Waals surface area contributed by atoms with E-state index in [2.05, 4.69) is 10.3 Å². The number of esters is 1. The first-order valence-electron chi connectivity index (χ1n) is 7.27. The van der Waals surface area contributed by atoms with Crippen LogP contribution < -0.4 is 10.1 Å². The lowest BCUT2D eigenvalue weighted by molar-refractivity contribution is -0.124. The molecule has 1 aromatic carbocycles. The summed E-state index contributed by atoms with van der Waals surface area (Å²) in [6.45, 7) is -0.0135. The molecule has 1 heterocycles. The Morgan fingerprint density at radius 3 is 2.54 bits per heavy atom. The predicted molar refractivity (Wildman–Crippen MR) is 84.2 cm³/mol.